The van der Waals surface area contributed by atoms with Gasteiger partial charge in [0.05, 0.1) is 10.0 Å². The number of pyridine rings is 2. The number of aromatic nitrogens is 2. The van der Waals surface area contributed by atoms with Gasteiger partial charge in [0.25, 0.3) is 11.8 Å². The van der Waals surface area contributed by atoms with Gasteiger partial charge < -0.3 is 10.6 Å². The second-order valence-corrected chi connectivity index (χ2v) is 6.08. The van der Waals surface area contributed by atoms with Crippen molar-refractivity contribution in [3.63, 3.8) is 0 Å². The van der Waals surface area contributed by atoms with Crippen molar-refractivity contribution in [1.82, 2.24) is 9.97 Å². The van der Waals surface area contributed by atoms with Crippen LogP contribution in [0.3, 0.4) is 0 Å². The third kappa shape index (κ3) is 4.56. The van der Waals surface area contributed by atoms with E-state index >= 15 is 0 Å². The van der Waals surface area contributed by atoms with Crippen LogP contribution in [-0.2, 0) is 0 Å². The van der Waals surface area contributed by atoms with Gasteiger partial charge in [-0.15, -0.1) is 0 Å². The Bertz CT molecular complexity index is 848. The summed E-state index contributed by atoms with van der Waals surface area (Å²) in [5.74, 6) is 0.0855. The van der Waals surface area contributed by atoms with E-state index in [1.165, 1.54) is 12.4 Å². The SMILES string of the molecule is O=C(Nc1ccc(Cl)cn1)c1ccc(C(=O)Nc2ccc(Cl)cn2)cc1. The third-order valence-electron chi connectivity index (χ3n) is 3.35. The number of rotatable bonds is 4. The Hall–Kier alpha value is -2.96. The van der Waals surface area contributed by atoms with Crippen LogP contribution in [0, 0.1) is 0 Å². The lowest BCUT2D eigenvalue weighted by Gasteiger charge is -2.07. The van der Waals surface area contributed by atoms with Crippen LogP contribution in [0.1, 0.15) is 20.7 Å². The Morgan fingerprint density at radius 3 is 1.35 bits per heavy atom. The largest absolute Gasteiger partial charge is 0.307 e. The summed E-state index contributed by atoms with van der Waals surface area (Å²) in [6.07, 6.45) is 2.88. The first-order valence-corrected chi connectivity index (χ1v) is 8.23. The maximum absolute atomic E-state index is 12.2. The molecular formula is C18H12Cl2N4O2. The molecule has 0 aliphatic carbocycles. The van der Waals surface area contributed by atoms with Crippen molar-refractivity contribution in [3.8, 4) is 0 Å². The molecule has 0 aliphatic heterocycles. The summed E-state index contributed by atoms with van der Waals surface area (Å²) in [6.45, 7) is 0. The predicted octanol–water partition coefficient (Wildman–Crippen LogP) is 4.29. The molecule has 6 nitrogen and oxygen atoms in total. The number of benzene rings is 1. The number of halogens is 2. The molecule has 26 heavy (non-hydrogen) atoms. The Morgan fingerprint density at radius 1 is 0.654 bits per heavy atom. The van der Waals surface area contributed by atoms with Crippen molar-refractivity contribution in [2.24, 2.45) is 0 Å². The summed E-state index contributed by atoms with van der Waals surface area (Å²) in [6, 6.07) is 12.7. The summed E-state index contributed by atoms with van der Waals surface area (Å²) in [5.41, 5.74) is 0.783. The zero-order valence-electron chi connectivity index (χ0n) is 13.2. The van der Waals surface area contributed by atoms with Crippen molar-refractivity contribution in [2.45, 2.75) is 0 Å². The minimum absolute atomic E-state index is 0.342. The summed E-state index contributed by atoms with van der Waals surface area (Å²) in [5, 5.41) is 6.26. The fourth-order valence-electron chi connectivity index (χ4n) is 2.05. The van der Waals surface area contributed by atoms with Gasteiger partial charge in [-0.2, -0.15) is 0 Å². The van der Waals surface area contributed by atoms with Gasteiger partial charge in [0.15, 0.2) is 0 Å². The van der Waals surface area contributed by atoms with Gasteiger partial charge in [0.1, 0.15) is 11.6 Å². The lowest BCUT2D eigenvalue weighted by Crippen LogP contribution is -2.15. The molecule has 0 radical (unpaired) electrons. The monoisotopic (exact) mass is 386 g/mol. The molecule has 0 spiro atoms. The summed E-state index contributed by atoms with van der Waals surface area (Å²) in [4.78, 5) is 32.4. The molecule has 3 rings (SSSR count). The van der Waals surface area contributed by atoms with E-state index in [0.29, 0.717) is 32.8 Å². The van der Waals surface area contributed by atoms with Crippen molar-refractivity contribution in [1.29, 1.82) is 0 Å². The second-order valence-electron chi connectivity index (χ2n) is 5.21. The van der Waals surface area contributed by atoms with Crippen molar-refractivity contribution >= 4 is 46.7 Å². The highest BCUT2D eigenvalue weighted by Crippen LogP contribution is 2.13. The van der Waals surface area contributed by atoms with Crippen LogP contribution in [0.5, 0.6) is 0 Å². The lowest BCUT2D eigenvalue weighted by molar-refractivity contribution is 0.101. The van der Waals surface area contributed by atoms with E-state index in [1.54, 1.807) is 48.5 Å². The number of nitrogens with one attached hydrogen (secondary N) is 2. The van der Waals surface area contributed by atoms with Gasteiger partial charge in [-0.3, -0.25) is 9.59 Å². The topological polar surface area (TPSA) is 84.0 Å². The van der Waals surface area contributed by atoms with Crippen LogP contribution >= 0.6 is 23.2 Å². The average molecular weight is 387 g/mol. The fraction of sp³-hybridized carbons (Fsp3) is 0. The van der Waals surface area contributed by atoms with Crippen molar-refractivity contribution in [3.05, 3.63) is 82.1 Å². The number of hydrogen-bond donors (Lipinski definition) is 2. The van der Waals surface area contributed by atoms with Crippen molar-refractivity contribution in [2.75, 3.05) is 10.6 Å². The molecule has 0 aliphatic rings. The maximum atomic E-state index is 12.2. The molecule has 0 unspecified atom stereocenters. The first-order valence-electron chi connectivity index (χ1n) is 7.47. The molecule has 0 saturated carbocycles. The maximum Gasteiger partial charge on any atom is 0.256 e. The highest BCUT2D eigenvalue weighted by Gasteiger charge is 2.10. The molecule has 2 N–H and O–H groups in total. The average Bonchev–Trinajstić information content (AvgIpc) is 2.65. The Labute approximate surface area is 159 Å². The van der Waals surface area contributed by atoms with Crippen LogP contribution in [-0.4, -0.2) is 21.8 Å². The Morgan fingerprint density at radius 2 is 1.04 bits per heavy atom. The first kappa shape index (κ1) is 17.8. The molecule has 0 fully saturated rings. The number of amides is 2. The van der Waals surface area contributed by atoms with Crippen LogP contribution in [0.15, 0.2) is 60.9 Å². The smallest absolute Gasteiger partial charge is 0.256 e. The zero-order chi connectivity index (χ0) is 18.5. The minimum Gasteiger partial charge on any atom is -0.307 e. The zero-order valence-corrected chi connectivity index (χ0v) is 14.8. The molecule has 0 saturated heterocycles. The summed E-state index contributed by atoms with van der Waals surface area (Å²) < 4.78 is 0. The summed E-state index contributed by atoms with van der Waals surface area (Å²) >= 11 is 11.5. The molecular weight excluding hydrogens is 375 g/mol. The Kier molecular flexibility index (Phi) is 5.46. The first-order chi connectivity index (χ1) is 12.5. The van der Waals surface area contributed by atoms with Crippen LogP contribution in [0.4, 0.5) is 11.6 Å². The van der Waals surface area contributed by atoms with Crippen LogP contribution in [0.25, 0.3) is 0 Å². The van der Waals surface area contributed by atoms with E-state index in [2.05, 4.69) is 20.6 Å². The molecule has 2 heterocycles. The molecule has 8 heteroatoms. The van der Waals surface area contributed by atoms with Gasteiger partial charge in [0, 0.05) is 23.5 Å². The number of nitrogens with zero attached hydrogens (tertiary/aromatic N) is 2. The van der Waals surface area contributed by atoms with Gasteiger partial charge in [-0.05, 0) is 48.5 Å². The van der Waals surface area contributed by atoms with Gasteiger partial charge >= 0.3 is 0 Å². The van der Waals surface area contributed by atoms with Crippen molar-refractivity contribution < 1.29 is 9.59 Å². The van der Waals surface area contributed by atoms with Gasteiger partial charge in [0.2, 0.25) is 0 Å². The lowest BCUT2D eigenvalue weighted by atomic mass is 10.1. The third-order valence-corrected chi connectivity index (χ3v) is 3.79. The summed E-state index contributed by atoms with van der Waals surface area (Å²) in [7, 11) is 0. The minimum atomic E-state index is -0.342. The molecule has 130 valence electrons. The van der Waals surface area contributed by atoms with E-state index in [-0.39, 0.29) is 11.8 Å². The quantitative estimate of drug-likeness (QED) is 0.700. The van der Waals surface area contributed by atoms with Crippen LogP contribution in [0.2, 0.25) is 10.0 Å². The fourth-order valence-corrected chi connectivity index (χ4v) is 2.27. The number of carbonyl (C=O) groups excluding carboxylic acids is 2. The molecule has 2 amide bonds. The van der Waals surface area contributed by atoms with E-state index in [9.17, 15) is 9.59 Å². The van der Waals surface area contributed by atoms with E-state index in [1.807, 2.05) is 0 Å². The van der Waals surface area contributed by atoms with E-state index < -0.39 is 0 Å². The molecule has 0 bridgehead atoms. The van der Waals surface area contributed by atoms with Gasteiger partial charge in [-0.1, -0.05) is 23.2 Å². The number of anilines is 2. The standard InChI is InChI=1S/C18H12Cl2N4O2/c19-13-5-7-15(21-9-13)23-17(25)11-1-2-12(4-3-11)18(26)24-16-8-6-14(20)10-22-16/h1-10H,(H,21,23,25)(H,22,24,26). The molecule has 1 aromatic carbocycles. The number of carbonyl (C=O) groups is 2. The van der Waals surface area contributed by atoms with Crippen LogP contribution < -0.4 is 10.6 Å². The molecule has 2 aromatic heterocycles. The van der Waals surface area contributed by atoms with Gasteiger partial charge in [-0.25, -0.2) is 9.97 Å². The molecule has 0 atom stereocenters. The Balaban J connectivity index is 1.65. The van der Waals surface area contributed by atoms with E-state index in [4.69, 9.17) is 23.2 Å². The normalized spacial score (nSPS) is 10.2. The second kappa shape index (κ2) is 7.95. The predicted molar refractivity (Wildman–Crippen MR) is 101 cm³/mol. The number of hydrogen-bond acceptors (Lipinski definition) is 4. The van der Waals surface area contributed by atoms with E-state index in [0.717, 1.165) is 0 Å². The molecule has 3 aromatic rings. The highest BCUT2D eigenvalue weighted by molar-refractivity contribution is 6.30. The highest BCUT2D eigenvalue weighted by atomic mass is 35.5.